The summed E-state index contributed by atoms with van der Waals surface area (Å²) in [6, 6.07) is 13.8. The predicted molar refractivity (Wildman–Crippen MR) is 88.6 cm³/mol. The fourth-order valence-corrected chi connectivity index (χ4v) is 2.36. The number of hydrogen-bond acceptors (Lipinski definition) is 4. The molecule has 0 N–H and O–H groups in total. The normalized spacial score (nSPS) is 11.2. The van der Waals surface area contributed by atoms with Gasteiger partial charge in [-0.05, 0) is 48.5 Å². The summed E-state index contributed by atoms with van der Waals surface area (Å²) in [6.07, 6.45) is -1.48. The van der Waals surface area contributed by atoms with E-state index in [4.69, 9.17) is 0 Å². The highest BCUT2D eigenvalue weighted by molar-refractivity contribution is 5.98. The first-order valence-corrected chi connectivity index (χ1v) is 7.66. The van der Waals surface area contributed by atoms with E-state index in [1.54, 1.807) is 36.5 Å². The van der Waals surface area contributed by atoms with Crippen molar-refractivity contribution < 1.29 is 22.7 Å². The topological polar surface area (TPSA) is 52.1 Å². The van der Waals surface area contributed by atoms with E-state index < -0.39 is 6.36 Å². The summed E-state index contributed by atoms with van der Waals surface area (Å²) in [5.74, 6) is -0.437. The Hall–Kier alpha value is -3.22. The monoisotopic (exact) mass is 358 g/mol. The molecule has 0 saturated heterocycles. The zero-order chi connectivity index (χ0) is 18.6. The summed E-state index contributed by atoms with van der Waals surface area (Å²) in [4.78, 5) is 20.7. The molecule has 2 aromatic heterocycles. The molecule has 26 heavy (non-hydrogen) atoms. The first-order chi connectivity index (χ1) is 12.4. The number of carbonyl (C=O) groups excluding carboxylic acids is 1. The van der Waals surface area contributed by atoms with Gasteiger partial charge in [-0.15, -0.1) is 13.2 Å². The maximum Gasteiger partial charge on any atom is 0.573 e. The summed E-state index contributed by atoms with van der Waals surface area (Å²) in [5.41, 5.74) is 2.17. The molecule has 0 atom stereocenters. The molecule has 0 aliphatic rings. The van der Waals surface area contributed by atoms with E-state index in [0.717, 1.165) is 0 Å². The van der Waals surface area contributed by atoms with Gasteiger partial charge in [-0.3, -0.25) is 14.8 Å². The number of hydrogen-bond donors (Lipinski definition) is 0. The highest BCUT2D eigenvalue weighted by Gasteiger charge is 2.30. The molecule has 3 aromatic rings. The van der Waals surface area contributed by atoms with Crippen molar-refractivity contribution in [2.24, 2.45) is 0 Å². The quantitative estimate of drug-likeness (QED) is 0.632. The number of ketones is 1. The second-order valence-electron chi connectivity index (χ2n) is 5.42. The summed E-state index contributed by atoms with van der Waals surface area (Å²) in [7, 11) is 0. The molecule has 2 heterocycles. The maximum absolute atomic E-state index is 12.4. The van der Waals surface area contributed by atoms with E-state index in [1.165, 1.54) is 30.5 Å². The Bertz CT molecular complexity index is 895. The van der Waals surface area contributed by atoms with Gasteiger partial charge >= 0.3 is 6.36 Å². The number of rotatable bonds is 5. The molecule has 0 bridgehead atoms. The minimum atomic E-state index is -4.74. The minimum absolute atomic E-state index is 0.121. The largest absolute Gasteiger partial charge is 0.573 e. The van der Waals surface area contributed by atoms with Gasteiger partial charge in [-0.1, -0.05) is 6.07 Å². The lowest BCUT2D eigenvalue weighted by atomic mass is 10.0. The molecule has 7 heteroatoms. The Kier molecular flexibility index (Phi) is 4.97. The van der Waals surface area contributed by atoms with Crippen molar-refractivity contribution in [2.45, 2.75) is 12.8 Å². The zero-order valence-corrected chi connectivity index (χ0v) is 13.4. The van der Waals surface area contributed by atoms with Crippen molar-refractivity contribution in [2.75, 3.05) is 0 Å². The molecule has 3 rings (SSSR count). The van der Waals surface area contributed by atoms with Crippen molar-refractivity contribution in [3.05, 3.63) is 78.2 Å². The highest BCUT2D eigenvalue weighted by atomic mass is 19.4. The number of aromatic nitrogens is 2. The molecular weight excluding hydrogens is 345 g/mol. The van der Waals surface area contributed by atoms with Crippen molar-refractivity contribution in [3.8, 4) is 17.0 Å². The van der Waals surface area contributed by atoms with E-state index in [9.17, 15) is 18.0 Å². The second kappa shape index (κ2) is 7.35. The summed E-state index contributed by atoms with van der Waals surface area (Å²) < 4.78 is 40.5. The zero-order valence-electron chi connectivity index (χ0n) is 13.4. The van der Waals surface area contributed by atoms with Crippen LogP contribution in [0.4, 0.5) is 13.2 Å². The molecule has 0 aliphatic carbocycles. The molecule has 0 saturated carbocycles. The molecule has 0 aliphatic heterocycles. The van der Waals surface area contributed by atoms with Crippen LogP contribution in [0, 0.1) is 0 Å². The predicted octanol–water partition coefficient (Wildman–Crippen LogP) is 4.47. The summed E-state index contributed by atoms with van der Waals surface area (Å²) >= 11 is 0. The number of nitrogens with zero attached hydrogens (tertiary/aromatic N) is 2. The van der Waals surface area contributed by atoms with E-state index in [1.807, 2.05) is 0 Å². The average Bonchev–Trinajstić information content (AvgIpc) is 2.62. The smallest absolute Gasteiger partial charge is 0.406 e. The number of ether oxygens (including phenoxy) is 1. The number of alkyl halides is 3. The summed E-state index contributed by atoms with van der Waals surface area (Å²) in [5, 5.41) is 0. The van der Waals surface area contributed by atoms with Crippen LogP contribution < -0.4 is 4.74 Å². The lowest BCUT2D eigenvalue weighted by Gasteiger charge is -2.09. The van der Waals surface area contributed by atoms with Crippen LogP contribution in [-0.4, -0.2) is 22.1 Å². The number of halogens is 3. The third-order valence-corrected chi connectivity index (χ3v) is 3.53. The molecule has 132 valence electrons. The van der Waals surface area contributed by atoms with Crippen LogP contribution in [0.3, 0.4) is 0 Å². The molecule has 0 unspecified atom stereocenters. The van der Waals surface area contributed by atoms with Crippen LogP contribution in [0.5, 0.6) is 5.75 Å². The lowest BCUT2D eigenvalue weighted by Crippen LogP contribution is -2.16. The standard InChI is InChI=1S/C19H13F3N2O2/c20-19(21,22)26-16-6-4-13(5-7-16)17-11-14(8-10-24-17)18(25)12-15-3-1-2-9-23-15/h1-11H,12H2. The van der Waals surface area contributed by atoms with Crippen LogP contribution in [-0.2, 0) is 6.42 Å². The van der Waals surface area contributed by atoms with Gasteiger partial charge in [-0.2, -0.15) is 0 Å². The Morgan fingerprint density at radius 3 is 2.38 bits per heavy atom. The number of Topliss-reactive ketones (excluding diaryl/α,β-unsaturated/α-hetero) is 1. The molecule has 0 radical (unpaired) electrons. The first-order valence-electron chi connectivity index (χ1n) is 7.66. The number of benzene rings is 1. The fourth-order valence-electron chi connectivity index (χ4n) is 2.36. The van der Waals surface area contributed by atoms with Crippen molar-refractivity contribution in [1.29, 1.82) is 0 Å². The Morgan fingerprint density at radius 1 is 0.962 bits per heavy atom. The molecule has 0 spiro atoms. The SMILES string of the molecule is O=C(Cc1ccccn1)c1ccnc(-c2ccc(OC(F)(F)F)cc2)c1. The Labute approximate surface area is 147 Å². The van der Waals surface area contributed by atoms with Gasteiger partial charge in [0.1, 0.15) is 5.75 Å². The van der Waals surface area contributed by atoms with Gasteiger partial charge in [0.25, 0.3) is 0 Å². The lowest BCUT2D eigenvalue weighted by molar-refractivity contribution is -0.274. The van der Waals surface area contributed by atoms with Crippen molar-refractivity contribution in [1.82, 2.24) is 9.97 Å². The van der Waals surface area contributed by atoms with Crippen LogP contribution >= 0.6 is 0 Å². The van der Waals surface area contributed by atoms with E-state index in [0.29, 0.717) is 22.5 Å². The van der Waals surface area contributed by atoms with Crippen LogP contribution in [0.1, 0.15) is 16.1 Å². The molecule has 1 aromatic carbocycles. The third kappa shape index (κ3) is 4.66. The van der Waals surface area contributed by atoms with E-state index >= 15 is 0 Å². The minimum Gasteiger partial charge on any atom is -0.406 e. The first kappa shape index (κ1) is 17.6. The summed E-state index contributed by atoms with van der Waals surface area (Å²) in [6.45, 7) is 0. The molecular formula is C19H13F3N2O2. The molecule has 0 fully saturated rings. The average molecular weight is 358 g/mol. The van der Waals surface area contributed by atoms with Crippen LogP contribution in [0.15, 0.2) is 67.0 Å². The Morgan fingerprint density at radius 2 is 1.73 bits per heavy atom. The fraction of sp³-hybridized carbons (Fsp3) is 0.105. The number of pyridine rings is 2. The van der Waals surface area contributed by atoms with E-state index in [2.05, 4.69) is 14.7 Å². The van der Waals surface area contributed by atoms with Gasteiger partial charge in [0.2, 0.25) is 0 Å². The Balaban J connectivity index is 1.77. The van der Waals surface area contributed by atoms with Gasteiger partial charge in [0.15, 0.2) is 5.78 Å². The van der Waals surface area contributed by atoms with Crippen LogP contribution in [0.2, 0.25) is 0 Å². The maximum atomic E-state index is 12.4. The van der Waals surface area contributed by atoms with Gasteiger partial charge in [0.05, 0.1) is 12.1 Å². The van der Waals surface area contributed by atoms with Crippen molar-refractivity contribution >= 4 is 5.78 Å². The van der Waals surface area contributed by atoms with Crippen molar-refractivity contribution in [3.63, 3.8) is 0 Å². The second-order valence-corrected chi connectivity index (χ2v) is 5.42. The molecule has 4 nitrogen and oxygen atoms in total. The van der Waals surface area contributed by atoms with Gasteiger partial charge in [-0.25, -0.2) is 0 Å². The highest BCUT2D eigenvalue weighted by Crippen LogP contribution is 2.26. The van der Waals surface area contributed by atoms with Gasteiger partial charge in [0, 0.05) is 29.2 Å². The number of carbonyl (C=O) groups is 1. The molecule has 0 amide bonds. The third-order valence-electron chi connectivity index (χ3n) is 3.53. The van der Waals surface area contributed by atoms with Gasteiger partial charge < -0.3 is 4.74 Å². The van der Waals surface area contributed by atoms with Crippen LogP contribution in [0.25, 0.3) is 11.3 Å². The van der Waals surface area contributed by atoms with E-state index in [-0.39, 0.29) is 18.0 Å².